The highest BCUT2D eigenvalue weighted by Gasteiger charge is 2.34. The third-order valence-electron chi connectivity index (χ3n) is 5.58. The van der Waals surface area contributed by atoms with Crippen molar-refractivity contribution in [1.29, 1.82) is 0 Å². The van der Waals surface area contributed by atoms with Gasteiger partial charge in [0.15, 0.2) is 0 Å². The van der Waals surface area contributed by atoms with Gasteiger partial charge in [0, 0.05) is 31.3 Å². The number of carbonyl (C=O) groups is 1. The third-order valence-corrected chi connectivity index (χ3v) is 7.93. The molecule has 1 aromatic heterocycles. The van der Waals surface area contributed by atoms with Gasteiger partial charge in [0.1, 0.15) is 4.90 Å². The van der Waals surface area contributed by atoms with E-state index in [1.807, 2.05) is 32.0 Å². The summed E-state index contributed by atoms with van der Waals surface area (Å²) >= 11 is 6.28. The van der Waals surface area contributed by atoms with Gasteiger partial charge in [-0.25, -0.2) is 8.42 Å². The van der Waals surface area contributed by atoms with Crippen LogP contribution in [0.4, 0.5) is 5.69 Å². The highest BCUT2D eigenvalue weighted by atomic mass is 35.5. The number of nitrogens with one attached hydrogen (secondary N) is 1. The minimum absolute atomic E-state index is 0.0421. The van der Waals surface area contributed by atoms with Crippen LogP contribution in [-0.2, 0) is 14.8 Å². The minimum Gasteiger partial charge on any atom is -0.339 e. The van der Waals surface area contributed by atoms with Crippen LogP contribution in [0.25, 0.3) is 11.4 Å². The molecular weight excluding hydrogens is 464 g/mol. The van der Waals surface area contributed by atoms with Crippen molar-refractivity contribution >= 4 is 33.2 Å². The Balaban J connectivity index is 1.55. The van der Waals surface area contributed by atoms with Gasteiger partial charge >= 0.3 is 0 Å². The van der Waals surface area contributed by atoms with Gasteiger partial charge in [0.2, 0.25) is 27.6 Å². The number of amides is 1. The molecule has 8 nitrogen and oxygen atoms in total. The molecule has 0 aliphatic carbocycles. The van der Waals surface area contributed by atoms with Crippen LogP contribution >= 0.6 is 11.6 Å². The molecule has 1 fully saturated rings. The molecule has 1 amide bonds. The maximum Gasteiger partial charge on any atom is 0.244 e. The number of sulfonamides is 1. The Hall–Kier alpha value is -2.75. The van der Waals surface area contributed by atoms with E-state index >= 15 is 0 Å². The fourth-order valence-corrected chi connectivity index (χ4v) is 6.09. The lowest BCUT2D eigenvalue weighted by Gasteiger charge is -2.31. The summed E-state index contributed by atoms with van der Waals surface area (Å²) in [4.78, 5) is 17.0. The molecule has 4 rings (SSSR count). The standard InChI is InChI=1S/C23H25ClN4O4S/c1-14-9-15(2)11-19(10-14)26-23(29)18-5-4-8-28(13-18)33(30,31)21-12-17(6-7-20(21)24)22-25-16(3)32-27-22/h6-7,9-12,18H,4-5,8,13H2,1-3H3,(H,26,29). The highest BCUT2D eigenvalue weighted by molar-refractivity contribution is 7.89. The first-order chi connectivity index (χ1) is 15.6. The maximum atomic E-state index is 13.5. The average molecular weight is 489 g/mol. The number of rotatable bonds is 5. The van der Waals surface area contributed by atoms with Crippen LogP contribution in [0.15, 0.2) is 45.8 Å². The van der Waals surface area contributed by atoms with Gasteiger partial charge in [-0.05, 0) is 68.1 Å². The van der Waals surface area contributed by atoms with Crippen molar-refractivity contribution in [3.63, 3.8) is 0 Å². The first-order valence-electron chi connectivity index (χ1n) is 10.6. The molecule has 1 atom stereocenters. The zero-order valence-electron chi connectivity index (χ0n) is 18.6. The van der Waals surface area contributed by atoms with E-state index in [2.05, 4.69) is 15.5 Å². The van der Waals surface area contributed by atoms with Crippen LogP contribution < -0.4 is 5.32 Å². The third kappa shape index (κ3) is 5.10. The van der Waals surface area contributed by atoms with E-state index in [-0.39, 0.29) is 28.2 Å². The molecule has 33 heavy (non-hydrogen) atoms. The van der Waals surface area contributed by atoms with Gasteiger partial charge in [0.25, 0.3) is 0 Å². The van der Waals surface area contributed by atoms with Crippen LogP contribution in [0, 0.1) is 26.7 Å². The lowest BCUT2D eigenvalue weighted by molar-refractivity contribution is -0.120. The molecule has 1 aliphatic heterocycles. The van der Waals surface area contributed by atoms with Gasteiger partial charge in [-0.3, -0.25) is 4.79 Å². The SMILES string of the molecule is Cc1cc(C)cc(NC(=O)C2CCCN(S(=O)(=O)c3cc(-c4noc(C)n4)ccc3Cl)C2)c1. The summed E-state index contributed by atoms with van der Waals surface area (Å²) in [6, 6.07) is 10.4. The fraction of sp³-hybridized carbons (Fsp3) is 0.348. The summed E-state index contributed by atoms with van der Waals surface area (Å²) in [5.41, 5.74) is 3.29. The molecule has 10 heteroatoms. The Labute approximate surface area is 198 Å². The Kier molecular flexibility index (Phi) is 6.56. The van der Waals surface area contributed by atoms with Crippen molar-refractivity contribution in [1.82, 2.24) is 14.4 Å². The molecule has 0 bridgehead atoms. The second-order valence-electron chi connectivity index (χ2n) is 8.35. The second-order valence-corrected chi connectivity index (χ2v) is 10.7. The van der Waals surface area contributed by atoms with E-state index in [9.17, 15) is 13.2 Å². The quantitative estimate of drug-likeness (QED) is 0.572. The van der Waals surface area contributed by atoms with Crippen molar-refractivity contribution in [3.8, 4) is 11.4 Å². The van der Waals surface area contributed by atoms with Crippen LogP contribution in [0.3, 0.4) is 0 Å². The van der Waals surface area contributed by atoms with Gasteiger partial charge in [-0.2, -0.15) is 9.29 Å². The van der Waals surface area contributed by atoms with Crippen molar-refractivity contribution in [2.75, 3.05) is 18.4 Å². The van der Waals surface area contributed by atoms with Crippen LogP contribution in [0.5, 0.6) is 0 Å². The molecule has 1 aliphatic rings. The van der Waals surface area contributed by atoms with E-state index in [0.29, 0.717) is 36.5 Å². The molecule has 2 aromatic carbocycles. The molecule has 174 valence electrons. The summed E-state index contributed by atoms with van der Waals surface area (Å²) in [5, 5.41) is 6.88. The smallest absolute Gasteiger partial charge is 0.244 e. The van der Waals surface area contributed by atoms with Gasteiger partial charge in [-0.15, -0.1) is 0 Å². The summed E-state index contributed by atoms with van der Waals surface area (Å²) in [7, 11) is -3.93. The number of anilines is 1. The van der Waals surface area contributed by atoms with Crippen molar-refractivity contribution in [2.45, 2.75) is 38.5 Å². The zero-order chi connectivity index (χ0) is 23.8. The van der Waals surface area contributed by atoms with Crippen molar-refractivity contribution < 1.29 is 17.7 Å². The Bertz CT molecular complexity index is 1290. The number of nitrogens with zero attached hydrogens (tertiary/aromatic N) is 3. The normalized spacial score (nSPS) is 17.2. The summed E-state index contributed by atoms with van der Waals surface area (Å²) < 4.78 is 33.2. The topological polar surface area (TPSA) is 105 Å². The molecule has 3 aromatic rings. The fourth-order valence-electron chi connectivity index (χ4n) is 4.06. The number of hydrogen-bond acceptors (Lipinski definition) is 6. The lowest BCUT2D eigenvalue weighted by Crippen LogP contribution is -2.43. The molecule has 1 N–H and O–H groups in total. The monoisotopic (exact) mass is 488 g/mol. The Morgan fingerprint density at radius 3 is 2.55 bits per heavy atom. The summed E-state index contributed by atoms with van der Waals surface area (Å²) in [6.07, 6.45) is 1.18. The van der Waals surface area contributed by atoms with Crippen LogP contribution in [0.2, 0.25) is 5.02 Å². The van der Waals surface area contributed by atoms with E-state index in [0.717, 1.165) is 11.1 Å². The Morgan fingerprint density at radius 1 is 1.15 bits per heavy atom. The largest absolute Gasteiger partial charge is 0.339 e. The number of carbonyl (C=O) groups excluding carboxylic acids is 1. The molecular formula is C23H25ClN4O4S. The summed E-state index contributed by atoms with van der Waals surface area (Å²) in [6.45, 7) is 5.98. The zero-order valence-corrected chi connectivity index (χ0v) is 20.2. The number of aromatic nitrogens is 2. The van der Waals surface area contributed by atoms with Crippen LogP contribution in [0.1, 0.15) is 29.9 Å². The molecule has 0 spiro atoms. The van der Waals surface area contributed by atoms with Gasteiger partial charge < -0.3 is 9.84 Å². The lowest BCUT2D eigenvalue weighted by atomic mass is 9.98. The molecule has 0 radical (unpaired) electrons. The van der Waals surface area contributed by atoms with E-state index < -0.39 is 15.9 Å². The van der Waals surface area contributed by atoms with Crippen molar-refractivity contribution in [3.05, 3.63) is 58.4 Å². The number of benzene rings is 2. The molecule has 1 saturated heterocycles. The van der Waals surface area contributed by atoms with Crippen molar-refractivity contribution in [2.24, 2.45) is 5.92 Å². The van der Waals surface area contributed by atoms with Gasteiger partial charge in [0.05, 0.1) is 10.9 Å². The number of halogens is 1. The number of piperidine rings is 1. The number of aryl methyl sites for hydroxylation is 3. The second kappa shape index (κ2) is 9.24. The first kappa shape index (κ1) is 23.4. The number of hydrogen-bond donors (Lipinski definition) is 1. The average Bonchev–Trinajstić information content (AvgIpc) is 3.19. The highest BCUT2D eigenvalue weighted by Crippen LogP contribution is 2.32. The van der Waals surface area contributed by atoms with Gasteiger partial charge in [-0.1, -0.05) is 22.8 Å². The first-order valence-corrected chi connectivity index (χ1v) is 12.4. The van der Waals surface area contributed by atoms with Crippen LogP contribution in [-0.4, -0.2) is 41.9 Å². The van der Waals surface area contributed by atoms with E-state index in [1.54, 1.807) is 13.0 Å². The van der Waals surface area contributed by atoms with E-state index in [4.69, 9.17) is 16.1 Å². The maximum absolute atomic E-state index is 13.5. The molecule has 1 unspecified atom stereocenters. The Morgan fingerprint density at radius 2 is 1.88 bits per heavy atom. The molecule has 2 heterocycles. The molecule has 0 saturated carbocycles. The predicted octanol–water partition coefficient (Wildman–Crippen LogP) is 4.35. The predicted molar refractivity (Wildman–Crippen MR) is 126 cm³/mol. The minimum atomic E-state index is -3.93. The summed E-state index contributed by atoms with van der Waals surface area (Å²) in [5.74, 6) is 0.00110. The van der Waals surface area contributed by atoms with E-state index in [1.165, 1.54) is 16.4 Å².